The van der Waals surface area contributed by atoms with Gasteiger partial charge in [0, 0.05) is 10.6 Å². The van der Waals surface area contributed by atoms with Gasteiger partial charge >= 0.3 is 0 Å². The molecule has 1 N–H and O–H groups in total. The maximum Gasteiger partial charge on any atom is 0.0781 e. The second-order valence-corrected chi connectivity index (χ2v) is 13.1. The zero-order valence-electron chi connectivity index (χ0n) is 21.8. The summed E-state index contributed by atoms with van der Waals surface area (Å²) in [5.41, 5.74) is 8.93. The molecule has 0 fully saturated rings. The predicted octanol–water partition coefficient (Wildman–Crippen LogP) is 8.16. The van der Waals surface area contributed by atoms with Gasteiger partial charge in [0.05, 0.1) is 19.4 Å². The lowest BCUT2D eigenvalue weighted by Crippen LogP contribution is -2.33. The second kappa shape index (κ2) is 10.3. The van der Waals surface area contributed by atoms with Gasteiger partial charge < -0.3 is 0 Å². The average molecular weight is 481 g/mol. The highest BCUT2D eigenvalue weighted by Crippen LogP contribution is 2.42. The fraction of sp³-hybridized carbons (Fsp3) is 0.250. The molecule has 4 aromatic carbocycles. The Kier molecular flexibility index (Phi) is 7.33. The van der Waals surface area contributed by atoms with Crippen molar-refractivity contribution in [2.24, 2.45) is 0 Å². The molecule has 4 rings (SSSR count). The number of benzene rings is 4. The molecular formula is C32H37N2P. The van der Waals surface area contributed by atoms with Crippen LogP contribution in [0.1, 0.15) is 52.7 Å². The molecule has 35 heavy (non-hydrogen) atoms. The Labute approximate surface area is 212 Å². The van der Waals surface area contributed by atoms with Crippen molar-refractivity contribution in [1.29, 1.82) is 0 Å². The van der Waals surface area contributed by atoms with E-state index in [2.05, 4.69) is 161 Å². The molecule has 0 aliphatic rings. The van der Waals surface area contributed by atoms with Crippen LogP contribution in [0.25, 0.3) is 0 Å². The first-order valence-corrected chi connectivity index (χ1v) is 13.6. The number of anilines is 2. The van der Waals surface area contributed by atoms with Crippen LogP contribution in [0, 0.1) is 0 Å². The van der Waals surface area contributed by atoms with Crippen molar-refractivity contribution in [3.8, 4) is 0 Å². The first-order valence-electron chi connectivity index (χ1n) is 12.3. The van der Waals surface area contributed by atoms with Crippen molar-refractivity contribution >= 4 is 30.1 Å². The third-order valence-corrected chi connectivity index (χ3v) is 8.47. The largest absolute Gasteiger partial charge is 0.295 e. The lowest BCUT2D eigenvalue weighted by Gasteiger charge is -2.35. The van der Waals surface area contributed by atoms with Gasteiger partial charge in [-0.05, 0) is 46.2 Å². The standard InChI is InChI=1S/C32H37N2P/c1-31(2,3)25-17-21-27(22-18-25)33-34(28-23-19-26(20-24-28)32(4,5)6)35(29-13-9-7-10-14-29)30-15-11-8-12-16-30/h7-24,33H,1-6H3. The van der Waals surface area contributed by atoms with Gasteiger partial charge in [-0.3, -0.25) is 10.2 Å². The first-order chi connectivity index (χ1) is 16.6. The van der Waals surface area contributed by atoms with E-state index in [1.807, 2.05) is 0 Å². The summed E-state index contributed by atoms with van der Waals surface area (Å²) >= 11 is 0. The number of hydrogen-bond acceptors (Lipinski definition) is 2. The average Bonchev–Trinajstić information content (AvgIpc) is 2.84. The van der Waals surface area contributed by atoms with Gasteiger partial charge in [0.2, 0.25) is 0 Å². The smallest absolute Gasteiger partial charge is 0.0781 e. The van der Waals surface area contributed by atoms with E-state index in [9.17, 15) is 0 Å². The quantitative estimate of drug-likeness (QED) is 0.221. The summed E-state index contributed by atoms with van der Waals surface area (Å²) in [6.07, 6.45) is 0. The number of nitrogens with one attached hydrogen (secondary N) is 1. The Morgan fingerprint density at radius 3 is 1.31 bits per heavy atom. The Hall–Kier alpha value is -3.09. The monoisotopic (exact) mass is 480 g/mol. The third-order valence-electron chi connectivity index (χ3n) is 6.17. The van der Waals surface area contributed by atoms with Crippen LogP contribution in [0.2, 0.25) is 0 Å². The van der Waals surface area contributed by atoms with E-state index in [4.69, 9.17) is 0 Å². The van der Waals surface area contributed by atoms with Gasteiger partial charge in [0.15, 0.2) is 0 Å². The molecule has 0 unspecified atom stereocenters. The van der Waals surface area contributed by atoms with E-state index in [1.54, 1.807) is 0 Å². The Morgan fingerprint density at radius 2 is 0.914 bits per heavy atom. The maximum absolute atomic E-state index is 3.79. The van der Waals surface area contributed by atoms with Gasteiger partial charge in [-0.15, -0.1) is 0 Å². The van der Waals surface area contributed by atoms with Crippen molar-refractivity contribution in [3.63, 3.8) is 0 Å². The van der Waals surface area contributed by atoms with E-state index in [0.717, 1.165) is 11.4 Å². The molecule has 0 saturated heterocycles. The molecule has 180 valence electrons. The minimum Gasteiger partial charge on any atom is -0.295 e. The van der Waals surface area contributed by atoms with E-state index in [-0.39, 0.29) is 10.8 Å². The molecule has 0 amide bonds. The predicted molar refractivity (Wildman–Crippen MR) is 155 cm³/mol. The van der Waals surface area contributed by atoms with Crippen molar-refractivity contribution < 1.29 is 0 Å². The lowest BCUT2D eigenvalue weighted by molar-refractivity contribution is 0.590. The summed E-state index contributed by atoms with van der Waals surface area (Å²) in [4.78, 5) is 0. The molecule has 0 atom stereocenters. The SMILES string of the molecule is CC(C)(C)c1ccc(NN(c2ccc(C(C)(C)C)cc2)P(c2ccccc2)c2ccccc2)cc1. The van der Waals surface area contributed by atoms with Crippen molar-refractivity contribution in [1.82, 2.24) is 0 Å². The molecule has 0 radical (unpaired) electrons. The summed E-state index contributed by atoms with van der Waals surface area (Å²) < 4.78 is 2.36. The molecule has 0 saturated carbocycles. The topological polar surface area (TPSA) is 15.3 Å². The highest BCUT2D eigenvalue weighted by Gasteiger charge is 2.25. The minimum atomic E-state index is -0.860. The third kappa shape index (κ3) is 6.13. The summed E-state index contributed by atoms with van der Waals surface area (Å²) in [7, 11) is -0.860. The van der Waals surface area contributed by atoms with Crippen LogP contribution in [-0.2, 0) is 10.8 Å². The highest BCUT2D eigenvalue weighted by atomic mass is 31.1. The van der Waals surface area contributed by atoms with Gasteiger partial charge in [0.1, 0.15) is 0 Å². The number of rotatable bonds is 6. The van der Waals surface area contributed by atoms with E-state index < -0.39 is 8.07 Å². The number of hydrazine groups is 1. The molecule has 0 bridgehead atoms. The van der Waals surface area contributed by atoms with Crippen LogP contribution in [0.3, 0.4) is 0 Å². The Bertz CT molecular complexity index is 1160. The summed E-state index contributed by atoms with van der Waals surface area (Å²) in [6.45, 7) is 13.5. The van der Waals surface area contributed by atoms with Crippen LogP contribution in [0.4, 0.5) is 11.4 Å². The van der Waals surface area contributed by atoms with Crippen molar-refractivity contribution in [3.05, 3.63) is 120 Å². The minimum absolute atomic E-state index is 0.114. The molecule has 3 heteroatoms. The highest BCUT2D eigenvalue weighted by molar-refractivity contribution is 7.74. The van der Waals surface area contributed by atoms with Crippen LogP contribution < -0.4 is 20.8 Å². The maximum atomic E-state index is 3.79. The summed E-state index contributed by atoms with van der Waals surface area (Å²) in [5, 5.41) is 2.60. The van der Waals surface area contributed by atoms with Crippen molar-refractivity contribution in [2.45, 2.75) is 52.4 Å². The summed E-state index contributed by atoms with van der Waals surface area (Å²) in [5.74, 6) is 0. The van der Waals surface area contributed by atoms with Crippen LogP contribution in [-0.4, -0.2) is 0 Å². The van der Waals surface area contributed by atoms with Crippen LogP contribution in [0.5, 0.6) is 0 Å². The zero-order chi connectivity index (χ0) is 25.1. The number of hydrogen-bond donors (Lipinski definition) is 1. The Morgan fingerprint density at radius 1 is 0.514 bits per heavy atom. The van der Waals surface area contributed by atoms with E-state index in [0.29, 0.717) is 0 Å². The molecule has 2 nitrogen and oxygen atoms in total. The fourth-order valence-electron chi connectivity index (χ4n) is 4.02. The molecule has 0 heterocycles. The fourth-order valence-corrected chi connectivity index (χ4v) is 6.27. The first kappa shape index (κ1) is 25.0. The Balaban J connectivity index is 1.81. The van der Waals surface area contributed by atoms with E-state index in [1.165, 1.54) is 21.7 Å². The van der Waals surface area contributed by atoms with Gasteiger partial charge in [-0.2, -0.15) is 0 Å². The van der Waals surface area contributed by atoms with Crippen LogP contribution in [0.15, 0.2) is 109 Å². The molecule has 4 aromatic rings. The molecular weight excluding hydrogens is 443 g/mol. The molecule has 0 aliphatic heterocycles. The van der Waals surface area contributed by atoms with Gasteiger partial charge in [-0.25, -0.2) is 0 Å². The molecule has 0 aromatic heterocycles. The van der Waals surface area contributed by atoms with Gasteiger partial charge in [-0.1, -0.05) is 126 Å². The lowest BCUT2D eigenvalue weighted by atomic mass is 9.87. The van der Waals surface area contributed by atoms with E-state index >= 15 is 0 Å². The zero-order valence-corrected chi connectivity index (χ0v) is 22.7. The number of nitrogens with zero attached hydrogens (tertiary/aromatic N) is 1. The molecule has 0 aliphatic carbocycles. The normalized spacial score (nSPS) is 12.0. The van der Waals surface area contributed by atoms with Crippen LogP contribution >= 0.6 is 8.07 Å². The van der Waals surface area contributed by atoms with Gasteiger partial charge in [0.25, 0.3) is 0 Å². The second-order valence-electron chi connectivity index (χ2n) is 11.0. The summed E-state index contributed by atoms with van der Waals surface area (Å²) in [6, 6.07) is 39.5. The van der Waals surface area contributed by atoms with Crippen molar-refractivity contribution in [2.75, 3.05) is 10.2 Å². The molecule has 0 spiro atoms.